The van der Waals surface area contributed by atoms with Gasteiger partial charge in [0.05, 0.1) is 0 Å². The molecule has 1 atom stereocenters. The minimum atomic E-state index is 0. The number of halogens is 1. The van der Waals surface area contributed by atoms with Gasteiger partial charge in [-0.2, -0.15) is 0 Å². The zero-order chi connectivity index (χ0) is 17.6. The number of piperidine rings is 1. The van der Waals surface area contributed by atoms with E-state index in [0.29, 0.717) is 32.1 Å². The molecule has 6 heteroatoms. The summed E-state index contributed by atoms with van der Waals surface area (Å²) < 4.78 is 0. The predicted molar refractivity (Wildman–Crippen MR) is 105 cm³/mol. The standard InChI is InChI=1S/C20H29N3O2.ClH/c1-15-4-6-16(7-5-15)14-22-20(25)17-8-11-23(12-9-17)19(24)13-18-3-2-10-21-18;/h4-7,17-18,21H,2-3,8-14H2,1H3,(H,22,25);1H. The number of carbonyl (C=O) groups excluding carboxylic acids is 2. The first-order valence-electron chi connectivity index (χ1n) is 9.46. The van der Waals surface area contributed by atoms with Crippen LogP contribution in [-0.2, 0) is 16.1 Å². The lowest BCUT2D eigenvalue weighted by molar-refractivity contribution is -0.136. The first-order valence-corrected chi connectivity index (χ1v) is 9.46. The van der Waals surface area contributed by atoms with Crippen molar-refractivity contribution in [3.63, 3.8) is 0 Å². The smallest absolute Gasteiger partial charge is 0.224 e. The molecular weight excluding hydrogens is 350 g/mol. The highest BCUT2D eigenvalue weighted by Crippen LogP contribution is 2.19. The first-order chi connectivity index (χ1) is 12.1. The Bertz CT molecular complexity index is 592. The van der Waals surface area contributed by atoms with Gasteiger partial charge in [0.2, 0.25) is 11.8 Å². The van der Waals surface area contributed by atoms with Gasteiger partial charge in [-0.1, -0.05) is 29.8 Å². The van der Waals surface area contributed by atoms with Gasteiger partial charge in [0.25, 0.3) is 0 Å². The van der Waals surface area contributed by atoms with E-state index >= 15 is 0 Å². The summed E-state index contributed by atoms with van der Waals surface area (Å²) in [6, 6.07) is 8.57. The monoisotopic (exact) mass is 379 g/mol. The Morgan fingerprint density at radius 1 is 1.15 bits per heavy atom. The second kappa shape index (κ2) is 9.93. The molecule has 2 fully saturated rings. The first kappa shape index (κ1) is 20.7. The number of amides is 2. The highest BCUT2D eigenvalue weighted by molar-refractivity contribution is 5.85. The molecule has 26 heavy (non-hydrogen) atoms. The van der Waals surface area contributed by atoms with Crippen LogP contribution in [-0.4, -0.2) is 42.4 Å². The van der Waals surface area contributed by atoms with Crippen LogP contribution in [0, 0.1) is 12.8 Å². The van der Waals surface area contributed by atoms with Crippen molar-refractivity contribution in [1.82, 2.24) is 15.5 Å². The van der Waals surface area contributed by atoms with Crippen LogP contribution < -0.4 is 10.6 Å². The molecule has 1 aromatic rings. The third kappa shape index (κ3) is 5.71. The largest absolute Gasteiger partial charge is 0.352 e. The van der Waals surface area contributed by atoms with Crippen LogP contribution in [0.25, 0.3) is 0 Å². The molecular formula is C20H30ClN3O2. The molecule has 144 valence electrons. The van der Waals surface area contributed by atoms with Gasteiger partial charge in [-0.25, -0.2) is 0 Å². The number of likely N-dealkylation sites (tertiary alicyclic amines) is 1. The summed E-state index contributed by atoms with van der Waals surface area (Å²) in [5.74, 6) is 0.377. The summed E-state index contributed by atoms with van der Waals surface area (Å²) in [7, 11) is 0. The molecule has 1 aromatic carbocycles. The zero-order valence-electron chi connectivity index (χ0n) is 15.5. The fourth-order valence-electron chi connectivity index (χ4n) is 3.70. The van der Waals surface area contributed by atoms with Gasteiger partial charge >= 0.3 is 0 Å². The number of hydrogen-bond acceptors (Lipinski definition) is 3. The predicted octanol–water partition coefficient (Wildman–Crippen LogP) is 2.41. The Morgan fingerprint density at radius 2 is 1.85 bits per heavy atom. The molecule has 0 radical (unpaired) electrons. The molecule has 0 spiro atoms. The Kier molecular flexibility index (Phi) is 7.91. The number of aryl methyl sites for hydroxylation is 1. The fourth-order valence-corrected chi connectivity index (χ4v) is 3.70. The molecule has 2 aliphatic heterocycles. The van der Waals surface area contributed by atoms with E-state index < -0.39 is 0 Å². The molecule has 0 saturated carbocycles. The van der Waals surface area contributed by atoms with E-state index in [1.54, 1.807) is 0 Å². The SMILES string of the molecule is Cc1ccc(CNC(=O)C2CCN(C(=O)CC3CCCN3)CC2)cc1.Cl. The molecule has 2 heterocycles. The molecule has 0 bridgehead atoms. The van der Waals surface area contributed by atoms with Crippen LogP contribution in [0.15, 0.2) is 24.3 Å². The number of nitrogens with one attached hydrogen (secondary N) is 2. The van der Waals surface area contributed by atoms with Crippen molar-refractivity contribution in [1.29, 1.82) is 0 Å². The second-order valence-electron chi connectivity index (χ2n) is 7.36. The van der Waals surface area contributed by atoms with Crippen LogP contribution in [0.5, 0.6) is 0 Å². The van der Waals surface area contributed by atoms with E-state index in [9.17, 15) is 9.59 Å². The second-order valence-corrected chi connectivity index (χ2v) is 7.36. The van der Waals surface area contributed by atoms with E-state index in [1.165, 1.54) is 12.0 Å². The summed E-state index contributed by atoms with van der Waals surface area (Å²) in [6.45, 7) is 5.06. The molecule has 1 unspecified atom stereocenters. The minimum Gasteiger partial charge on any atom is -0.352 e. The summed E-state index contributed by atoms with van der Waals surface area (Å²) in [6.07, 6.45) is 4.40. The maximum Gasteiger partial charge on any atom is 0.224 e. The van der Waals surface area contributed by atoms with Crippen molar-refractivity contribution in [2.75, 3.05) is 19.6 Å². The van der Waals surface area contributed by atoms with Crippen molar-refractivity contribution in [3.8, 4) is 0 Å². The van der Waals surface area contributed by atoms with Gasteiger partial charge < -0.3 is 15.5 Å². The van der Waals surface area contributed by atoms with E-state index in [-0.39, 0.29) is 30.1 Å². The molecule has 2 N–H and O–H groups in total. The highest BCUT2D eigenvalue weighted by atomic mass is 35.5. The normalized spacial score (nSPS) is 20.5. The molecule has 2 amide bonds. The summed E-state index contributed by atoms with van der Waals surface area (Å²) in [4.78, 5) is 26.7. The lowest BCUT2D eigenvalue weighted by Crippen LogP contribution is -2.44. The minimum absolute atomic E-state index is 0. The van der Waals surface area contributed by atoms with Crippen LogP contribution in [0.4, 0.5) is 0 Å². The van der Waals surface area contributed by atoms with Crippen LogP contribution in [0.1, 0.15) is 43.2 Å². The Balaban J connectivity index is 0.00000243. The zero-order valence-corrected chi connectivity index (χ0v) is 16.3. The quantitative estimate of drug-likeness (QED) is 0.825. The number of benzene rings is 1. The van der Waals surface area contributed by atoms with Gasteiger partial charge in [0.15, 0.2) is 0 Å². The summed E-state index contributed by atoms with van der Waals surface area (Å²) in [5.41, 5.74) is 2.34. The Labute approximate surface area is 162 Å². The maximum atomic E-state index is 12.4. The van der Waals surface area contributed by atoms with Crippen molar-refractivity contribution in [2.45, 2.75) is 51.6 Å². The van der Waals surface area contributed by atoms with Gasteiger partial charge in [0, 0.05) is 38.0 Å². The van der Waals surface area contributed by atoms with Crippen molar-refractivity contribution >= 4 is 24.2 Å². The summed E-state index contributed by atoms with van der Waals surface area (Å²) >= 11 is 0. The Morgan fingerprint density at radius 3 is 2.46 bits per heavy atom. The van der Waals surface area contributed by atoms with E-state index in [1.807, 2.05) is 17.0 Å². The van der Waals surface area contributed by atoms with Crippen molar-refractivity contribution in [2.24, 2.45) is 5.92 Å². The van der Waals surface area contributed by atoms with Crippen LogP contribution in [0.2, 0.25) is 0 Å². The number of rotatable bonds is 5. The van der Waals surface area contributed by atoms with Crippen molar-refractivity contribution in [3.05, 3.63) is 35.4 Å². The molecule has 5 nitrogen and oxygen atoms in total. The average molecular weight is 380 g/mol. The van der Waals surface area contributed by atoms with E-state index in [0.717, 1.165) is 31.4 Å². The van der Waals surface area contributed by atoms with Gasteiger partial charge in [-0.15, -0.1) is 12.4 Å². The van der Waals surface area contributed by atoms with Gasteiger partial charge in [-0.3, -0.25) is 9.59 Å². The molecule has 2 saturated heterocycles. The van der Waals surface area contributed by atoms with E-state index in [2.05, 4.69) is 29.7 Å². The Hall–Kier alpha value is -1.59. The number of carbonyl (C=O) groups is 2. The molecule has 0 aliphatic carbocycles. The third-order valence-corrected chi connectivity index (χ3v) is 5.39. The van der Waals surface area contributed by atoms with E-state index in [4.69, 9.17) is 0 Å². The molecule has 0 aromatic heterocycles. The topological polar surface area (TPSA) is 61.4 Å². The van der Waals surface area contributed by atoms with Crippen molar-refractivity contribution < 1.29 is 9.59 Å². The van der Waals surface area contributed by atoms with Crippen LogP contribution in [0.3, 0.4) is 0 Å². The highest BCUT2D eigenvalue weighted by Gasteiger charge is 2.28. The lowest BCUT2D eigenvalue weighted by Gasteiger charge is -2.32. The van der Waals surface area contributed by atoms with Gasteiger partial charge in [0.1, 0.15) is 0 Å². The average Bonchev–Trinajstić information content (AvgIpc) is 3.14. The third-order valence-electron chi connectivity index (χ3n) is 5.39. The van der Waals surface area contributed by atoms with Crippen LogP contribution >= 0.6 is 12.4 Å². The number of nitrogens with zero attached hydrogens (tertiary/aromatic N) is 1. The molecule has 3 rings (SSSR count). The van der Waals surface area contributed by atoms with Gasteiger partial charge in [-0.05, 0) is 44.7 Å². The molecule has 2 aliphatic rings. The summed E-state index contributed by atoms with van der Waals surface area (Å²) in [5, 5.41) is 6.42. The maximum absolute atomic E-state index is 12.4. The number of hydrogen-bond donors (Lipinski definition) is 2. The fraction of sp³-hybridized carbons (Fsp3) is 0.600. The lowest BCUT2D eigenvalue weighted by atomic mass is 9.95.